The van der Waals surface area contributed by atoms with Gasteiger partial charge in [-0.1, -0.05) is 19.3 Å². The maximum absolute atomic E-state index is 13.9. The Morgan fingerprint density at radius 2 is 1.61 bits per heavy atom. The van der Waals surface area contributed by atoms with E-state index in [0.29, 0.717) is 12.8 Å². The summed E-state index contributed by atoms with van der Waals surface area (Å²) in [7, 11) is -6.03. The van der Waals surface area contributed by atoms with E-state index in [9.17, 15) is 31.9 Å². The third-order valence-corrected chi connectivity index (χ3v) is 8.83. The summed E-state index contributed by atoms with van der Waals surface area (Å²) in [6.07, 6.45) is 6.03. The molecule has 10 nitrogen and oxygen atoms in total. The Morgan fingerprint density at radius 3 is 2.25 bits per heavy atom. The predicted molar refractivity (Wildman–Crippen MR) is 119 cm³/mol. The quantitative estimate of drug-likeness (QED) is 0.241. The first-order chi connectivity index (χ1) is 16.6. The normalized spacial score (nSPS) is 35.4. The zero-order valence-corrected chi connectivity index (χ0v) is 21.1. The Hall–Kier alpha value is -1.41. The van der Waals surface area contributed by atoms with E-state index in [1.807, 2.05) is 6.92 Å². The second kappa shape index (κ2) is 9.40. The highest BCUT2D eigenvalue weighted by Gasteiger charge is 2.67. The Kier molecular flexibility index (Phi) is 7.22. The highest BCUT2D eigenvalue weighted by molar-refractivity contribution is 7.87. The molecule has 5 aliphatic carbocycles. The van der Waals surface area contributed by atoms with Crippen molar-refractivity contribution in [1.29, 1.82) is 0 Å². The zero-order valence-electron chi connectivity index (χ0n) is 20.3. The van der Waals surface area contributed by atoms with Gasteiger partial charge in [-0.2, -0.15) is 17.2 Å². The van der Waals surface area contributed by atoms with Crippen molar-refractivity contribution < 1.29 is 55.4 Å². The molecule has 0 heterocycles. The van der Waals surface area contributed by atoms with Crippen LogP contribution in [0.1, 0.15) is 77.6 Å². The highest BCUT2D eigenvalue weighted by atomic mass is 32.2. The number of carbonyl (C=O) groups is 2. The SMILES string of the molecule is CC1(OCCOC(=O)COC23CC4CC(O)(C2)CC(OC(=O)C(F)(F)S(=O)(=O)O)(C4)C3)CCCCC1. The van der Waals surface area contributed by atoms with Crippen molar-refractivity contribution in [2.45, 2.75) is 105 Å². The minimum Gasteiger partial charge on any atom is -0.462 e. The van der Waals surface area contributed by atoms with Crippen molar-refractivity contribution in [3.05, 3.63) is 0 Å². The van der Waals surface area contributed by atoms with Gasteiger partial charge in [-0.15, -0.1) is 0 Å². The molecule has 4 unspecified atom stereocenters. The van der Waals surface area contributed by atoms with Crippen LogP contribution in [-0.2, 0) is 38.7 Å². The number of carbonyl (C=O) groups excluding carboxylic acids is 2. The topological polar surface area (TPSA) is 146 Å². The molecular weight excluding hydrogens is 506 g/mol. The molecule has 0 aliphatic heterocycles. The Labute approximate surface area is 208 Å². The van der Waals surface area contributed by atoms with Crippen molar-refractivity contribution in [2.24, 2.45) is 5.92 Å². The molecule has 0 amide bonds. The second-order valence-electron chi connectivity index (χ2n) is 11.3. The van der Waals surface area contributed by atoms with Crippen molar-refractivity contribution in [1.82, 2.24) is 0 Å². The van der Waals surface area contributed by atoms with Gasteiger partial charge in [-0.05, 0) is 44.9 Å². The third kappa shape index (κ3) is 5.69. The fourth-order valence-electron chi connectivity index (χ4n) is 6.99. The van der Waals surface area contributed by atoms with Gasteiger partial charge < -0.3 is 24.1 Å². The van der Waals surface area contributed by atoms with Crippen molar-refractivity contribution in [2.75, 3.05) is 19.8 Å². The van der Waals surface area contributed by atoms with E-state index in [4.69, 9.17) is 23.5 Å². The van der Waals surface area contributed by atoms with Gasteiger partial charge in [0.25, 0.3) is 0 Å². The Balaban J connectivity index is 1.33. The third-order valence-electron chi connectivity index (χ3n) is 8.01. The molecule has 206 valence electrons. The zero-order chi connectivity index (χ0) is 26.5. The number of halogens is 2. The molecule has 0 saturated heterocycles. The van der Waals surface area contributed by atoms with Crippen molar-refractivity contribution in [3.63, 3.8) is 0 Å². The second-order valence-corrected chi connectivity index (χ2v) is 12.8. The van der Waals surface area contributed by atoms with E-state index in [1.165, 1.54) is 6.42 Å². The van der Waals surface area contributed by atoms with Gasteiger partial charge in [0.1, 0.15) is 18.8 Å². The number of hydrogen-bond donors (Lipinski definition) is 2. The minimum absolute atomic E-state index is 0.0453. The lowest BCUT2D eigenvalue weighted by Crippen LogP contribution is -2.68. The van der Waals surface area contributed by atoms with Crippen LogP contribution in [0.15, 0.2) is 0 Å². The molecule has 0 spiro atoms. The van der Waals surface area contributed by atoms with E-state index < -0.39 is 50.7 Å². The van der Waals surface area contributed by atoms with Gasteiger partial charge in [0, 0.05) is 19.3 Å². The molecule has 5 rings (SSSR count). The molecular formula is C23H34F2O10S. The number of alkyl halides is 2. The van der Waals surface area contributed by atoms with Gasteiger partial charge in [0.15, 0.2) is 0 Å². The molecule has 0 aromatic carbocycles. The van der Waals surface area contributed by atoms with Crippen LogP contribution in [0.4, 0.5) is 8.78 Å². The van der Waals surface area contributed by atoms with Crippen LogP contribution in [0.25, 0.3) is 0 Å². The van der Waals surface area contributed by atoms with Gasteiger partial charge in [-0.25, -0.2) is 9.59 Å². The monoisotopic (exact) mass is 540 g/mol. The molecule has 13 heteroatoms. The summed E-state index contributed by atoms with van der Waals surface area (Å²) in [5, 5.41) is 5.89. The number of ether oxygens (including phenoxy) is 4. The van der Waals surface area contributed by atoms with Crippen LogP contribution in [-0.4, -0.2) is 77.5 Å². The average molecular weight is 541 g/mol. The summed E-state index contributed by atoms with van der Waals surface area (Å²) in [6.45, 7) is 1.88. The van der Waals surface area contributed by atoms with Crippen LogP contribution >= 0.6 is 0 Å². The summed E-state index contributed by atoms with van der Waals surface area (Å²) >= 11 is 0. The summed E-state index contributed by atoms with van der Waals surface area (Å²) in [6, 6.07) is 0. The van der Waals surface area contributed by atoms with Gasteiger partial charge in [0.05, 0.1) is 23.4 Å². The number of rotatable bonds is 10. The lowest BCUT2D eigenvalue weighted by atomic mass is 9.50. The maximum Gasteiger partial charge on any atom is 0.465 e. The largest absolute Gasteiger partial charge is 0.465 e. The van der Waals surface area contributed by atoms with Crippen LogP contribution in [0.5, 0.6) is 0 Å². The first kappa shape index (κ1) is 27.6. The molecule has 36 heavy (non-hydrogen) atoms. The van der Waals surface area contributed by atoms with E-state index in [2.05, 4.69) is 0 Å². The molecule has 5 aliphatic rings. The van der Waals surface area contributed by atoms with E-state index in [-0.39, 0.29) is 50.4 Å². The van der Waals surface area contributed by atoms with Crippen molar-refractivity contribution in [3.8, 4) is 0 Å². The number of aliphatic hydroxyl groups is 1. The molecule has 2 N–H and O–H groups in total. The van der Waals surface area contributed by atoms with Crippen LogP contribution in [0.2, 0.25) is 0 Å². The molecule has 0 aromatic heterocycles. The predicted octanol–water partition coefficient (Wildman–Crippen LogP) is 2.52. The molecule has 0 aromatic rings. The van der Waals surface area contributed by atoms with Crippen LogP contribution in [0, 0.1) is 5.92 Å². The van der Waals surface area contributed by atoms with E-state index in [1.54, 1.807) is 0 Å². The molecule has 5 saturated carbocycles. The molecule has 4 atom stereocenters. The number of hydrogen-bond acceptors (Lipinski definition) is 9. The van der Waals surface area contributed by atoms with Crippen LogP contribution in [0.3, 0.4) is 0 Å². The summed E-state index contributed by atoms with van der Waals surface area (Å²) in [5.74, 6) is -3.31. The first-order valence-corrected chi connectivity index (χ1v) is 13.8. The minimum atomic E-state index is -6.03. The standard InChI is InChI=1S/C23H34F2O10S/c1-19(5-3-2-4-6-19)33-8-7-32-17(26)12-34-21-10-16-9-20(28,13-21)14-22(11-16,15-21)35-18(27)23(24,25)36(29,30)31/h16,28H,2-15H2,1H3,(H,29,30,31). The van der Waals surface area contributed by atoms with Crippen molar-refractivity contribution >= 4 is 22.1 Å². The van der Waals surface area contributed by atoms with Gasteiger partial charge in [-0.3, -0.25) is 4.55 Å². The fourth-order valence-corrected chi connectivity index (χ4v) is 7.24. The summed E-state index contributed by atoms with van der Waals surface area (Å²) < 4.78 is 80.4. The lowest BCUT2D eigenvalue weighted by Gasteiger charge is -2.63. The van der Waals surface area contributed by atoms with Gasteiger partial charge in [0.2, 0.25) is 0 Å². The lowest BCUT2D eigenvalue weighted by molar-refractivity contribution is -0.277. The number of esters is 2. The summed E-state index contributed by atoms with van der Waals surface area (Å²) in [5.41, 5.74) is -4.34. The average Bonchev–Trinajstić information content (AvgIpc) is 2.73. The Morgan fingerprint density at radius 1 is 0.972 bits per heavy atom. The highest BCUT2D eigenvalue weighted by Crippen LogP contribution is 2.62. The first-order valence-electron chi connectivity index (χ1n) is 12.3. The fraction of sp³-hybridized carbons (Fsp3) is 0.913. The molecule has 0 radical (unpaired) electrons. The molecule has 5 fully saturated rings. The smallest absolute Gasteiger partial charge is 0.462 e. The van der Waals surface area contributed by atoms with Gasteiger partial charge >= 0.3 is 27.3 Å². The summed E-state index contributed by atoms with van der Waals surface area (Å²) in [4.78, 5) is 24.3. The molecule has 4 bridgehead atoms. The van der Waals surface area contributed by atoms with E-state index in [0.717, 1.165) is 25.7 Å². The van der Waals surface area contributed by atoms with E-state index >= 15 is 0 Å². The maximum atomic E-state index is 13.9. The Bertz CT molecular complexity index is 981. The van der Waals surface area contributed by atoms with Crippen LogP contribution < -0.4 is 0 Å².